The second-order valence-electron chi connectivity index (χ2n) is 4.21. The van der Waals surface area contributed by atoms with Crippen LogP contribution in [-0.2, 0) is 14.3 Å². The van der Waals surface area contributed by atoms with Crippen molar-refractivity contribution in [3.05, 3.63) is 0 Å². The number of aliphatic carboxylic acids is 1. The van der Waals surface area contributed by atoms with E-state index in [1.54, 1.807) is 0 Å². The molecule has 1 aliphatic rings. The van der Waals surface area contributed by atoms with Crippen LogP contribution in [0.1, 0.15) is 26.2 Å². The number of carboxylic acid groups (broad SMARTS) is 1. The summed E-state index contributed by atoms with van der Waals surface area (Å²) in [4.78, 5) is 10.7. The quantitative estimate of drug-likeness (QED) is 0.602. The van der Waals surface area contributed by atoms with Crippen molar-refractivity contribution in [1.82, 2.24) is 0 Å². The van der Waals surface area contributed by atoms with Crippen molar-refractivity contribution in [2.24, 2.45) is 5.73 Å². The molecule has 0 aromatic rings. The molecule has 15 heavy (non-hydrogen) atoms. The molecule has 1 atom stereocenters. The maximum atomic E-state index is 10.7. The number of carbonyl (C=O) groups is 1. The molecule has 1 unspecified atom stereocenters. The van der Waals surface area contributed by atoms with Gasteiger partial charge in [0.05, 0.1) is 13.2 Å². The molecule has 1 saturated heterocycles. The third kappa shape index (κ3) is 4.15. The Balaban J connectivity index is 1.98. The molecule has 1 fully saturated rings. The number of unbranched alkanes of at least 4 members (excludes halogenated alkanes) is 1. The van der Waals surface area contributed by atoms with E-state index >= 15 is 0 Å². The molecule has 1 heterocycles. The van der Waals surface area contributed by atoms with E-state index in [2.05, 4.69) is 0 Å². The van der Waals surface area contributed by atoms with Crippen molar-refractivity contribution < 1.29 is 19.4 Å². The molecule has 1 rings (SSSR count). The van der Waals surface area contributed by atoms with Gasteiger partial charge in [0.15, 0.2) is 0 Å². The second-order valence-corrected chi connectivity index (χ2v) is 4.21. The summed E-state index contributed by atoms with van der Waals surface area (Å²) in [5.41, 5.74) is 4.47. The third-order valence-electron chi connectivity index (χ3n) is 2.54. The molecule has 3 N–H and O–H groups in total. The Morgan fingerprint density at radius 2 is 2.27 bits per heavy atom. The van der Waals surface area contributed by atoms with Crippen LogP contribution in [0.3, 0.4) is 0 Å². The Labute approximate surface area is 89.5 Å². The van der Waals surface area contributed by atoms with Gasteiger partial charge in [-0.25, -0.2) is 0 Å². The van der Waals surface area contributed by atoms with Crippen LogP contribution in [-0.4, -0.2) is 42.5 Å². The van der Waals surface area contributed by atoms with E-state index in [0.717, 1.165) is 12.8 Å². The normalized spacial score (nSPS) is 20.7. The molecule has 5 nitrogen and oxygen atoms in total. The zero-order chi connectivity index (χ0) is 11.3. The highest BCUT2D eigenvalue weighted by molar-refractivity contribution is 5.77. The fourth-order valence-electron chi connectivity index (χ4n) is 1.26. The zero-order valence-electron chi connectivity index (χ0n) is 9.07. The Bertz CT molecular complexity index is 213. The minimum absolute atomic E-state index is 0.244. The highest BCUT2D eigenvalue weighted by Gasteiger charge is 2.26. The summed E-state index contributed by atoms with van der Waals surface area (Å²) < 4.78 is 10.4. The van der Waals surface area contributed by atoms with E-state index in [4.69, 9.17) is 20.3 Å². The summed E-state index contributed by atoms with van der Waals surface area (Å²) in [6, 6.07) is 0. The van der Waals surface area contributed by atoms with Gasteiger partial charge in [-0.05, 0) is 26.2 Å². The van der Waals surface area contributed by atoms with E-state index in [-0.39, 0.29) is 6.10 Å². The number of hydrogen-bond donors (Lipinski definition) is 2. The lowest BCUT2D eigenvalue weighted by Crippen LogP contribution is -2.44. The lowest BCUT2D eigenvalue weighted by molar-refractivity contribution is -0.143. The summed E-state index contributed by atoms with van der Waals surface area (Å²) in [5.74, 6) is -0.948. The zero-order valence-corrected chi connectivity index (χ0v) is 9.07. The van der Waals surface area contributed by atoms with Crippen molar-refractivity contribution >= 4 is 5.97 Å². The number of nitrogens with two attached hydrogens (primary N) is 1. The average molecular weight is 217 g/mol. The third-order valence-corrected chi connectivity index (χ3v) is 2.54. The van der Waals surface area contributed by atoms with E-state index in [1.807, 2.05) is 0 Å². The summed E-state index contributed by atoms with van der Waals surface area (Å²) in [7, 11) is 0. The molecule has 0 amide bonds. The van der Waals surface area contributed by atoms with Gasteiger partial charge in [0.1, 0.15) is 11.6 Å². The monoisotopic (exact) mass is 217 g/mol. The Morgan fingerprint density at radius 1 is 1.60 bits per heavy atom. The van der Waals surface area contributed by atoms with Crippen molar-refractivity contribution in [2.45, 2.75) is 37.8 Å². The molecule has 88 valence electrons. The molecule has 1 aliphatic heterocycles. The van der Waals surface area contributed by atoms with E-state index in [9.17, 15) is 4.79 Å². The predicted octanol–water partition coefficient (Wildman–Crippen LogP) is 0.374. The van der Waals surface area contributed by atoms with Gasteiger partial charge in [0.2, 0.25) is 0 Å². The Kier molecular flexibility index (Phi) is 4.50. The van der Waals surface area contributed by atoms with Gasteiger partial charge in [0, 0.05) is 6.61 Å². The van der Waals surface area contributed by atoms with E-state index in [1.165, 1.54) is 6.92 Å². The lowest BCUT2D eigenvalue weighted by Gasteiger charge is -2.26. The first-order chi connectivity index (χ1) is 7.02. The molecule has 0 aromatic carbocycles. The van der Waals surface area contributed by atoms with Crippen molar-refractivity contribution in [1.29, 1.82) is 0 Å². The summed E-state index contributed by atoms with van der Waals surface area (Å²) in [5, 5.41) is 8.76. The lowest BCUT2D eigenvalue weighted by atomic mass is 9.97. The standard InChI is InChI=1S/C10H19NO4/c1-10(11,9(12)13)4-2-3-5-15-8-6-14-7-8/h8H,2-7,11H2,1H3,(H,12,13). The molecule has 0 aliphatic carbocycles. The topological polar surface area (TPSA) is 81.8 Å². The highest BCUT2D eigenvalue weighted by Crippen LogP contribution is 2.12. The largest absolute Gasteiger partial charge is 0.480 e. The summed E-state index contributed by atoms with van der Waals surface area (Å²) in [6.45, 7) is 3.56. The van der Waals surface area contributed by atoms with Crippen LogP contribution in [0.2, 0.25) is 0 Å². The number of ether oxygens (including phenoxy) is 2. The first-order valence-corrected chi connectivity index (χ1v) is 5.24. The van der Waals surface area contributed by atoms with Gasteiger partial charge < -0.3 is 20.3 Å². The summed E-state index contributed by atoms with van der Waals surface area (Å²) >= 11 is 0. The van der Waals surface area contributed by atoms with Crippen molar-refractivity contribution in [2.75, 3.05) is 19.8 Å². The molecular formula is C10H19NO4. The van der Waals surface area contributed by atoms with Crippen molar-refractivity contribution in [3.8, 4) is 0 Å². The fraction of sp³-hybridized carbons (Fsp3) is 0.900. The second kappa shape index (κ2) is 5.44. The van der Waals surface area contributed by atoms with Gasteiger partial charge in [0.25, 0.3) is 0 Å². The van der Waals surface area contributed by atoms with Crippen LogP contribution in [0.25, 0.3) is 0 Å². The van der Waals surface area contributed by atoms with E-state index in [0.29, 0.717) is 26.2 Å². The Morgan fingerprint density at radius 3 is 2.73 bits per heavy atom. The molecule has 0 bridgehead atoms. The van der Waals surface area contributed by atoms with Crippen LogP contribution >= 0.6 is 0 Å². The predicted molar refractivity (Wildman–Crippen MR) is 54.6 cm³/mol. The molecular weight excluding hydrogens is 198 g/mol. The number of carboxylic acids is 1. The van der Waals surface area contributed by atoms with Crippen LogP contribution in [0.15, 0.2) is 0 Å². The van der Waals surface area contributed by atoms with Gasteiger partial charge in [-0.1, -0.05) is 0 Å². The fourth-order valence-corrected chi connectivity index (χ4v) is 1.26. The Hall–Kier alpha value is -0.650. The molecule has 0 radical (unpaired) electrons. The van der Waals surface area contributed by atoms with Gasteiger partial charge in [-0.15, -0.1) is 0 Å². The van der Waals surface area contributed by atoms with Gasteiger partial charge >= 0.3 is 5.97 Å². The molecule has 5 heteroatoms. The first kappa shape index (κ1) is 12.4. The highest BCUT2D eigenvalue weighted by atomic mass is 16.6. The van der Waals surface area contributed by atoms with Gasteiger partial charge in [-0.2, -0.15) is 0 Å². The van der Waals surface area contributed by atoms with Crippen molar-refractivity contribution in [3.63, 3.8) is 0 Å². The van der Waals surface area contributed by atoms with E-state index < -0.39 is 11.5 Å². The molecule has 0 saturated carbocycles. The number of rotatable bonds is 7. The average Bonchev–Trinajstić information content (AvgIpc) is 2.07. The number of hydrogen-bond acceptors (Lipinski definition) is 4. The van der Waals surface area contributed by atoms with Gasteiger partial charge in [-0.3, -0.25) is 4.79 Å². The van der Waals surface area contributed by atoms with Crippen LogP contribution in [0.5, 0.6) is 0 Å². The minimum Gasteiger partial charge on any atom is -0.480 e. The molecule has 0 spiro atoms. The van der Waals surface area contributed by atoms with Crippen LogP contribution < -0.4 is 5.73 Å². The summed E-state index contributed by atoms with van der Waals surface area (Å²) in [6.07, 6.45) is 2.34. The smallest absolute Gasteiger partial charge is 0.323 e. The molecule has 0 aromatic heterocycles. The maximum Gasteiger partial charge on any atom is 0.323 e. The van der Waals surface area contributed by atoms with Crippen LogP contribution in [0.4, 0.5) is 0 Å². The first-order valence-electron chi connectivity index (χ1n) is 5.24. The SMILES string of the molecule is CC(N)(CCCCOC1COC1)C(=O)O. The van der Waals surface area contributed by atoms with Crippen LogP contribution in [0, 0.1) is 0 Å². The minimum atomic E-state index is -1.11. The maximum absolute atomic E-state index is 10.7.